The molecule has 2 aromatic rings. The first-order valence-electron chi connectivity index (χ1n) is 9.42. The Labute approximate surface area is 186 Å². The second kappa shape index (κ2) is 10.8. The third kappa shape index (κ3) is 5.89. The summed E-state index contributed by atoms with van der Waals surface area (Å²) in [5, 5.41) is 3.06. The van der Waals surface area contributed by atoms with Crippen LogP contribution < -0.4 is 11.1 Å². The van der Waals surface area contributed by atoms with Gasteiger partial charge in [0, 0.05) is 37.7 Å². The SMILES string of the molecule is COCCN(CCOC)S(=O)(=O)c1ccc(C(=O)Nc2sc(C)c(C)c2C(N)=O)cc1. The zero-order chi connectivity index (χ0) is 23.2. The number of nitrogens with one attached hydrogen (secondary N) is 1. The van der Waals surface area contributed by atoms with Gasteiger partial charge in [0.2, 0.25) is 10.0 Å². The number of nitrogens with two attached hydrogens (primary N) is 1. The number of sulfonamides is 1. The van der Waals surface area contributed by atoms with Gasteiger partial charge in [0.25, 0.3) is 11.8 Å². The number of ether oxygens (including phenoxy) is 2. The van der Waals surface area contributed by atoms with E-state index in [9.17, 15) is 18.0 Å². The van der Waals surface area contributed by atoms with E-state index in [1.165, 1.54) is 54.1 Å². The van der Waals surface area contributed by atoms with Crippen LogP contribution in [-0.2, 0) is 19.5 Å². The molecule has 2 rings (SSSR count). The van der Waals surface area contributed by atoms with Crippen molar-refractivity contribution in [2.24, 2.45) is 5.73 Å². The molecule has 0 fully saturated rings. The molecule has 0 aliphatic carbocycles. The molecule has 0 bridgehead atoms. The van der Waals surface area contributed by atoms with Crippen LogP contribution in [0.1, 0.15) is 31.2 Å². The van der Waals surface area contributed by atoms with Gasteiger partial charge in [0.05, 0.1) is 23.7 Å². The van der Waals surface area contributed by atoms with E-state index in [4.69, 9.17) is 15.2 Å². The minimum atomic E-state index is -3.78. The van der Waals surface area contributed by atoms with Gasteiger partial charge in [0.1, 0.15) is 5.00 Å². The molecule has 11 heteroatoms. The average molecular weight is 470 g/mol. The van der Waals surface area contributed by atoms with E-state index in [1.54, 1.807) is 6.92 Å². The van der Waals surface area contributed by atoms with E-state index < -0.39 is 21.8 Å². The Morgan fingerprint density at radius 2 is 1.61 bits per heavy atom. The summed E-state index contributed by atoms with van der Waals surface area (Å²) in [5.74, 6) is -1.09. The van der Waals surface area contributed by atoms with Crippen LogP contribution in [0.4, 0.5) is 5.00 Å². The van der Waals surface area contributed by atoms with Crippen molar-refractivity contribution in [1.29, 1.82) is 0 Å². The molecule has 0 aliphatic heterocycles. The van der Waals surface area contributed by atoms with E-state index >= 15 is 0 Å². The molecule has 0 saturated carbocycles. The first kappa shape index (κ1) is 25.0. The van der Waals surface area contributed by atoms with Crippen LogP contribution in [-0.4, -0.2) is 65.1 Å². The quantitative estimate of drug-likeness (QED) is 0.518. The standard InChI is InChI=1S/C20H27N3O6S2/c1-13-14(2)30-20(17(13)18(21)24)22-19(25)15-5-7-16(8-6-15)31(26,27)23(9-11-28-3)10-12-29-4/h5-8H,9-12H2,1-4H3,(H2,21,24)(H,22,25). The van der Waals surface area contributed by atoms with E-state index in [-0.39, 0.29) is 42.3 Å². The predicted octanol–water partition coefficient (Wildman–Crippen LogP) is 2.00. The van der Waals surface area contributed by atoms with Gasteiger partial charge in [-0.05, 0) is 43.7 Å². The minimum absolute atomic E-state index is 0.0527. The third-order valence-electron chi connectivity index (χ3n) is 4.70. The van der Waals surface area contributed by atoms with Gasteiger partial charge in [-0.25, -0.2) is 8.42 Å². The molecule has 2 amide bonds. The topological polar surface area (TPSA) is 128 Å². The average Bonchev–Trinajstić information content (AvgIpc) is 3.01. The van der Waals surface area contributed by atoms with Crippen LogP contribution in [0, 0.1) is 13.8 Å². The maximum atomic E-state index is 12.9. The van der Waals surface area contributed by atoms with E-state index in [1.807, 2.05) is 6.92 Å². The highest BCUT2D eigenvalue weighted by atomic mass is 32.2. The summed E-state index contributed by atoms with van der Waals surface area (Å²) in [6.07, 6.45) is 0. The Hall–Kier alpha value is -2.31. The van der Waals surface area contributed by atoms with Gasteiger partial charge < -0.3 is 20.5 Å². The van der Waals surface area contributed by atoms with Crippen molar-refractivity contribution in [1.82, 2.24) is 4.31 Å². The van der Waals surface area contributed by atoms with Crippen molar-refractivity contribution >= 4 is 38.2 Å². The van der Waals surface area contributed by atoms with Gasteiger partial charge in [-0.2, -0.15) is 4.31 Å². The molecule has 0 radical (unpaired) electrons. The van der Waals surface area contributed by atoms with Crippen molar-refractivity contribution in [3.63, 3.8) is 0 Å². The van der Waals surface area contributed by atoms with E-state index in [0.29, 0.717) is 5.00 Å². The van der Waals surface area contributed by atoms with Gasteiger partial charge in [-0.15, -0.1) is 11.3 Å². The zero-order valence-corrected chi connectivity index (χ0v) is 19.6. The number of rotatable bonds is 11. The summed E-state index contributed by atoms with van der Waals surface area (Å²) in [5.41, 5.74) is 6.69. The fraction of sp³-hybridized carbons (Fsp3) is 0.400. The van der Waals surface area contributed by atoms with Crippen LogP contribution in [0.2, 0.25) is 0 Å². The van der Waals surface area contributed by atoms with Crippen LogP contribution in [0.5, 0.6) is 0 Å². The lowest BCUT2D eigenvalue weighted by molar-refractivity contribution is 0.100. The maximum absolute atomic E-state index is 12.9. The smallest absolute Gasteiger partial charge is 0.256 e. The Morgan fingerprint density at radius 1 is 1.06 bits per heavy atom. The molecular weight excluding hydrogens is 442 g/mol. The third-order valence-corrected chi connectivity index (χ3v) is 7.74. The number of primary amides is 1. The van der Waals surface area contributed by atoms with Crippen molar-refractivity contribution in [2.45, 2.75) is 18.7 Å². The second-order valence-corrected chi connectivity index (χ2v) is 9.88. The number of carbonyl (C=O) groups is 2. The van der Waals surface area contributed by atoms with Gasteiger partial charge in [0.15, 0.2) is 0 Å². The lowest BCUT2D eigenvalue weighted by atomic mass is 10.1. The number of carbonyl (C=O) groups excluding carboxylic acids is 2. The molecule has 0 atom stereocenters. The second-order valence-electron chi connectivity index (χ2n) is 6.72. The lowest BCUT2D eigenvalue weighted by Gasteiger charge is -2.21. The highest BCUT2D eigenvalue weighted by Gasteiger charge is 2.25. The normalized spacial score (nSPS) is 11.6. The number of nitrogens with zero attached hydrogens (tertiary/aromatic N) is 1. The molecule has 3 N–H and O–H groups in total. The summed E-state index contributed by atoms with van der Waals surface area (Å²) in [7, 11) is -0.795. The van der Waals surface area contributed by atoms with Gasteiger partial charge in [-0.3, -0.25) is 9.59 Å². The molecule has 0 spiro atoms. The molecule has 1 aromatic carbocycles. The van der Waals surface area contributed by atoms with Crippen molar-refractivity contribution in [2.75, 3.05) is 45.8 Å². The summed E-state index contributed by atoms with van der Waals surface area (Å²) >= 11 is 1.26. The Morgan fingerprint density at radius 3 is 2.10 bits per heavy atom. The number of hydrogen-bond acceptors (Lipinski definition) is 7. The molecule has 0 saturated heterocycles. The molecule has 9 nitrogen and oxygen atoms in total. The first-order chi connectivity index (χ1) is 14.6. The lowest BCUT2D eigenvalue weighted by Crippen LogP contribution is -2.36. The van der Waals surface area contributed by atoms with E-state index in [0.717, 1.165) is 10.4 Å². The van der Waals surface area contributed by atoms with Crippen LogP contribution in [0.25, 0.3) is 0 Å². The first-order valence-corrected chi connectivity index (χ1v) is 11.7. The summed E-state index contributed by atoms with van der Waals surface area (Å²) in [6, 6.07) is 5.59. The van der Waals surface area contributed by atoms with Gasteiger partial charge >= 0.3 is 0 Å². The largest absolute Gasteiger partial charge is 0.383 e. The molecule has 1 heterocycles. The summed E-state index contributed by atoms with van der Waals surface area (Å²) in [6.45, 7) is 4.44. The number of anilines is 1. The number of thiophene rings is 1. The Bertz CT molecular complexity index is 1020. The molecule has 1 aromatic heterocycles. The van der Waals surface area contributed by atoms with Crippen LogP contribution >= 0.6 is 11.3 Å². The maximum Gasteiger partial charge on any atom is 0.256 e. The number of aryl methyl sites for hydroxylation is 1. The minimum Gasteiger partial charge on any atom is -0.383 e. The Balaban J connectivity index is 2.23. The van der Waals surface area contributed by atoms with Gasteiger partial charge in [-0.1, -0.05) is 0 Å². The molecule has 31 heavy (non-hydrogen) atoms. The number of amides is 2. The number of methoxy groups -OCH3 is 2. The monoisotopic (exact) mass is 469 g/mol. The molecule has 170 valence electrons. The fourth-order valence-corrected chi connectivity index (χ4v) is 5.32. The summed E-state index contributed by atoms with van der Waals surface area (Å²) in [4.78, 5) is 25.3. The molecule has 0 aliphatic rings. The van der Waals surface area contributed by atoms with Crippen molar-refractivity contribution in [3.05, 3.63) is 45.8 Å². The van der Waals surface area contributed by atoms with Crippen molar-refractivity contribution < 1.29 is 27.5 Å². The predicted molar refractivity (Wildman–Crippen MR) is 119 cm³/mol. The van der Waals surface area contributed by atoms with Crippen LogP contribution in [0.15, 0.2) is 29.2 Å². The highest BCUT2D eigenvalue weighted by Crippen LogP contribution is 2.32. The number of hydrogen-bond donors (Lipinski definition) is 2. The zero-order valence-electron chi connectivity index (χ0n) is 17.9. The van der Waals surface area contributed by atoms with Crippen LogP contribution in [0.3, 0.4) is 0 Å². The molecule has 0 unspecified atom stereocenters. The number of benzene rings is 1. The molecular formula is C20H27N3O6S2. The summed E-state index contributed by atoms with van der Waals surface area (Å²) < 4.78 is 37.1. The Kier molecular flexibility index (Phi) is 8.71. The van der Waals surface area contributed by atoms with E-state index in [2.05, 4.69) is 5.32 Å². The van der Waals surface area contributed by atoms with Crippen molar-refractivity contribution in [3.8, 4) is 0 Å². The highest BCUT2D eigenvalue weighted by molar-refractivity contribution is 7.89. The fourth-order valence-electron chi connectivity index (χ4n) is 2.85.